The van der Waals surface area contributed by atoms with E-state index in [-0.39, 0.29) is 16.9 Å². The number of rotatable bonds is 10. The van der Waals surface area contributed by atoms with E-state index in [1.54, 1.807) is 26.3 Å². The minimum absolute atomic E-state index is 0.156. The molecule has 158 valence electrons. The molecule has 28 heavy (non-hydrogen) atoms. The van der Waals surface area contributed by atoms with E-state index < -0.39 is 10.0 Å². The Balaban J connectivity index is 1.78. The van der Waals surface area contributed by atoms with Crippen LogP contribution in [-0.2, 0) is 14.8 Å². The van der Waals surface area contributed by atoms with Crippen LogP contribution in [0.1, 0.15) is 32.1 Å². The van der Waals surface area contributed by atoms with Gasteiger partial charge in [-0.1, -0.05) is 30.5 Å². The van der Waals surface area contributed by atoms with Gasteiger partial charge in [0, 0.05) is 45.4 Å². The van der Waals surface area contributed by atoms with E-state index in [4.69, 9.17) is 16.3 Å². The zero-order valence-electron chi connectivity index (χ0n) is 16.6. The molecule has 0 amide bonds. The Kier molecular flexibility index (Phi) is 9.01. The van der Waals surface area contributed by atoms with Gasteiger partial charge >= 0.3 is 0 Å². The average molecular weight is 431 g/mol. The number of halogens is 1. The highest BCUT2D eigenvalue weighted by atomic mass is 35.5. The molecule has 0 aromatic heterocycles. The van der Waals surface area contributed by atoms with Gasteiger partial charge < -0.3 is 15.4 Å². The van der Waals surface area contributed by atoms with Gasteiger partial charge in [-0.2, -0.15) is 0 Å². The van der Waals surface area contributed by atoms with Crippen molar-refractivity contribution in [3.8, 4) is 0 Å². The molecule has 1 aromatic carbocycles. The van der Waals surface area contributed by atoms with Crippen LogP contribution in [-0.4, -0.2) is 54.8 Å². The second kappa shape index (κ2) is 11.0. The van der Waals surface area contributed by atoms with Crippen LogP contribution in [0.5, 0.6) is 0 Å². The molecule has 9 heteroatoms. The minimum atomic E-state index is -3.58. The van der Waals surface area contributed by atoms with Crippen LogP contribution in [0.3, 0.4) is 0 Å². The summed E-state index contributed by atoms with van der Waals surface area (Å²) in [4.78, 5) is 4.39. The van der Waals surface area contributed by atoms with E-state index in [2.05, 4.69) is 20.3 Å². The molecule has 0 spiro atoms. The molecule has 0 aliphatic heterocycles. The second-order valence-corrected chi connectivity index (χ2v) is 9.36. The number of guanidine groups is 1. The summed E-state index contributed by atoms with van der Waals surface area (Å²) in [6.07, 6.45) is 5.93. The van der Waals surface area contributed by atoms with Crippen molar-refractivity contribution in [1.82, 2.24) is 15.4 Å². The van der Waals surface area contributed by atoms with Crippen molar-refractivity contribution in [1.29, 1.82) is 0 Å². The first kappa shape index (κ1) is 22.9. The fourth-order valence-corrected chi connectivity index (χ4v) is 4.87. The van der Waals surface area contributed by atoms with E-state index >= 15 is 0 Å². The van der Waals surface area contributed by atoms with Crippen LogP contribution in [0.2, 0.25) is 5.02 Å². The van der Waals surface area contributed by atoms with Gasteiger partial charge in [0.25, 0.3) is 0 Å². The number of methoxy groups -OCH3 is 1. The molecule has 0 saturated heterocycles. The molecule has 1 aliphatic rings. The molecule has 0 atom stereocenters. The molecule has 1 aromatic rings. The smallest absolute Gasteiger partial charge is 0.240 e. The maximum Gasteiger partial charge on any atom is 0.240 e. The van der Waals surface area contributed by atoms with Gasteiger partial charge in [-0.3, -0.25) is 4.99 Å². The van der Waals surface area contributed by atoms with Crippen molar-refractivity contribution in [2.24, 2.45) is 10.4 Å². The van der Waals surface area contributed by atoms with Gasteiger partial charge in [0.1, 0.15) is 0 Å². The molecule has 2 rings (SSSR count). The third-order valence-electron chi connectivity index (χ3n) is 5.17. The van der Waals surface area contributed by atoms with E-state index in [0.717, 1.165) is 19.6 Å². The topological polar surface area (TPSA) is 91.8 Å². The summed E-state index contributed by atoms with van der Waals surface area (Å²) in [5, 5.41) is 6.93. The largest absolute Gasteiger partial charge is 0.385 e. The van der Waals surface area contributed by atoms with Crippen molar-refractivity contribution < 1.29 is 13.2 Å². The summed E-state index contributed by atoms with van der Waals surface area (Å²) < 4.78 is 32.4. The Bertz CT molecular complexity index is 749. The van der Waals surface area contributed by atoms with E-state index in [0.29, 0.717) is 17.5 Å². The lowest BCUT2D eigenvalue weighted by molar-refractivity contribution is 0.138. The number of ether oxygens (including phenoxy) is 1. The summed E-state index contributed by atoms with van der Waals surface area (Å²) in [5.74, 6) is 0.672. The monoisotopic (exact) mass is 430 g/mol. The van der Waals surface area contributed by atoms with Crippen LogP contribution >= 0.6 is 11.6 Å². The van der Waals surface area contributed by atoms with Crippen LogP contribution in [0.25, 0.3) is 0 Å². The number of hydrogen-bond acceptors (Lipinski definition) is 4. The molecule has 1 fully saturated rings. The van der Waals surface area contributed by atoms with Gasteiger partial charge in [0.15, 0.2) is 5.96 Å². The molecule has 0 unspecified atom stereocenters. The van der Waals surface area contributed by atoms with E-state index in [1.807, 2.05) is 0 Å². The van der Waals surface area contributed by atoms with Crippen LogP contribution in [0, 0.1) is 5.41 Å². The molecular formula is C19H31ClN4O3S. The van der Waals surface area contributed by atoms with Crippen LogP contribution in [0.15, 0.2) is 34.2 Å². The zero-order chi connectivity index (χ0) is 20.5. The minimum Gasteiger partial charge on any atom is -0.385 e. The fraction of sp³-hybridized carbons (Fsp3) is 0.632. The van der Waals surface area contributed by atoms with Crippen molar-refractivity contribution in [3.05, 3.63) is 29.3 Å². The summed E-state index contributed by atoms with van der Waals surface area (Å²) >= 11 is 5.87. The predicted octanol–water partition coefficient (Wildman–Crippen LogP) is 2.38. The van der Waals surface area contributed by atoms with Crippen molar-refractivity contribution >= 4 is 27.6 Å². The number of benzene rings is 1. The lowest BCUT2D eigenvalue weighted by Crippen LogP contribution is -2.45. The highest BCUT2D eigenvalue weighted by molar-refractivity contribution is 7.89. The molecule has 1 aliphatic carbocycles. The molecule has 1 saturated carbocycles. The quantitative estimate of drug-likeness (QED) is 0.301. The van der Waals surface area contributed by atoms with E-state index in [9.17, 15) is 8.42 Å². The summed E-state index contributed by atoms with van der Waals surface area (Å²) in [6, 6.07) is 6.20. The maximum absolute atomic E-state index is 12.3. The molecule has 7 nitrogen and oxygen atoms in total. The molecule has 0 bridgehead atoms. The van der Waals surface area contributed by atoms with Crippen LogP contribution in [0.4, 0.5) is 0 Å². The lowest BCUT2D eigenvalue weighted by atomic mass is 9.83. The molecular weight excluding hydrogens is 400 g/mol. The standard InChI is InChI=1S/C19H31ClN4O3S/c1-21-18(23-15-19(10-13-27-2)8-3-4-9-19)22-11-12-24-28(25,26)17-7-5-6-16(20)14-17/h5-7,14,24H,3-4,8-13,15H2,1-2H3,(H2,21,22,23). The fourth-order valence-electron chi connectivity index (χ4n) is 3.53. The number of aliphatic imine (C=N–C) groups is 1. The SMILES string of the molecule is CN=C(NCCNS(=O)(=O)c1cccc(Cl)c1)NCC1(CCOC)CCCC1. The van der Waals surface area contributed by atoms with Crippen molar-refractivity contribution in [2.45, 2.75) is 37.0 Å². The van der Waals surface area contributed by atoms with E-state index in [1.165, 1.54) is 37.8 Å². The maximum atomic E-state index is 12.3. The van der Waals surface area contributed by atoms with Crippen LogP contribution < -0.4 is 15.4 Å². The first-order valence-corrected chi connectivity index (χ1v) is 11.5. The average Bonchev–Trinajstić information content (AvgIpc) is 3.15. The molecule has 0 radical (unpaired) electrons. The summed E-state index contributed by atoms with van der Waals surface area (Å²) in [7, 11) is -0.134. The summed E-state index contributed by atoms with van der Waals surface area (Å²) in [5.41, 5.74) is 0.252. The Morgan fingerprint density at radius 1 is 1.25 bits per heavy atom. The Morgan fingerprint density at radius 3 is 2.64 bits per heavy atom. The van der Waals surface area contributed by atoms with Gasteiger partial charge in [-0.05, 0) is 42.9 Å². The van der Waals surface area contributed by atoms with Gasteiger partial charge in [0.2, 0.25) is 10.0 Å². The second-order valence-electron chi connectivity index (χ2n) is 7.16. The Morgan fingerprint density at radius 2 is 2.00 bits per heavy atom. The molecule has 0 heterocycles. The number of hydrogen-bond donors (Lipinski definition) is 3. The number of nitrogens with zero attached hydrogens (tertiary/aromatic N) is 1. The third-order valence-corrected chi connectivity index (χ3v) is 6.86. The highest BCUT2D eigenvalue weighted by Crippen LogP contribution is 2.40. The number of sulfonamides is 1. The highest BCUT2D eigenvalue weighted by Gasteiger charge is 2.33. The molecule has 3 N–H and O–H groups in total. The van der Waals surface area contributed by atoms with Gasteiger partial charge in [-0.25, -0.2) is 13.1 Å². The van der Waals surface area contributed by atoms with Gasteiger partial charge in [-0.15, -0.1) is 0 Å². The van der Waals surface area contributed by atoms with Crippen molar-refractivity contribution in [3.63, 3.8) is 0 Å². The number of nitrogens with one attached hydrogen (secondary N) is 3. The first-order valence-electron chi connectivity index (χ1n) is 9.59. The summed E-state index contributed by atoms with van der Waals surface area (Å²) in [6.45, 7) is 2.26. The Labute approximate surface area is 173 Å². The van der Waals surface area contributed by atoms with Gasteiger partial charge in [0.05, 0.1) is 4.90 Å². The predicted molar refractivity (Wildman–Crippen MR) is 113 cm³/mol. The third kappa shape index (κ3) is 6.92. The lowest BCUT2D eigenvalue weighted by Gasteiger charge is -2.30. The normalized spacial score (nSPS) is 16.9. The van der Waals surface area contributed by atoms with Crippen molar-refractivity contribution in [2.75, 3.05) is 40.4 Å². The zero-order valence-corrected chi connectivity index (χ0v) is 18.2. The Hall–Kier alpha value is -1.35. The first-order chi connectivity index (χ1) is 13.4.